The standard InChI is InChI=1S/C35H36N6O7/c1-40(2)20-37-33-38-30-27(31(43)39-33)36-21-41(30)32-28-29(42)34(48-32,18-46-28)19-47-35(22-8-6-5-7-9-22,23-10-14-25(44-3)15-11-23)24-12-16-26(45-4)17-13-24/h5-17,20-21,28-29,32,42H,18-19H2,1-4H3,(H,38,39,43)/b37-20-/t28-,29+,32-,34-/m1/s1. The van der Waals surface area contributed by atoms with Gasteiger partial charge in [-0.3, -0.25) is 14.3 Å². The van der Waals surface area contributed by atoms with Gasteiger partial charge in [0.05, 0.1) is 40.1 Å². The number of nitrogens with one attached hydrogen (secondary N) is 1. The van der Waals surface area contributed by atoms with Gasteiger partial charge in [-0.1, -0.05) is 54.6 Å². The fourth-order valence-electron chi connectivity index (χ4n) is 6.38. The van der Waals surface area contributed by atoms with E-state index in [0.29, 0.717) is 11.5 Å². The van der Waals surface area contributed by atoms with Crippen molar-refractivity contribution < 1.29 is 28.8 Å². The van der Waals surface area contributed by atoms with E-state index in [2.05, 4.69) is 19.9 Å². The lowest BCUT2D eigenvalue weighted by Crippen LogP contribution is -2.48. The van der Waals surface area contributed by atoms with E-state index in [1.165, 1.54) is 12.7 Å². The van der Waals surface area contributed by atoms with Crippen LogP contribution in [-0.4, -0.2) is 95.2 Å². The summed E-state index contributed by atoms with van der Waals surface area (Å²) < 4.78 is 32.4. The normalized spacial score (nSPS) is 22.1. The summed E-state index contributed by atoms with van der Waals surface area (Å²) in [4.78, 5) is 30.3. The lowest BCUT2D eigenvalue weighted by molar-refractivity contribution is -0.202. The van der Waals surface area contributed by atoms with Crippen molar-refractivity contribution in [2.45, 2.75) is 29.6 Å². The van der Waals surface area contributed by atoms with E-state index >= 15 is 0 Å². The first-order valence-electron chi connectivity index (χ1n) is 15.4. The summed E-state index contributed by atoms with van der Waals surface area (Å²) in [5.74, 6) is 1.51. The summed E-state index contributed by atoms with van der Waals surface area (Å²) in [5, 5.41) is 11.7. The Morgan fingerprint density at radius 1 is 1.02 bits per heavy atom. The van der Waals surface area contributed by atoms with Gasteiger partial charge in [0, 0.05) is 14.1 Å². The van der Waals surface area contributed by atoms with Crippen molar-refractivity contribution >= 4 is 23.5 Å². The van der Waals surface area contributed by atoms with Crippen LogP contribution in [0.4, 0.5) is 5.95 Å². The number of nitrogens with zero attached hydrogens (tertiary/aromatic N) is 5. The number of ether oxygens (including phenoxy) is 5. The SMILES string of the molecule is COc1ccc(C(OC[C@@]23CO[C@@H]([C@H](n4cnc5c(=O)[nH]c(/N=C\N(C)C)nc54)O2)[C@@H]3O)(c2ccccc2)c2ccc(OC)cc2)cc1. The zero-order valence-corrected chi connectivity index (χ0v) is 26.9. The van der Waals surface area contributed by atoms with Crippen molar-refractivity contribution in [3.63, 3.8) is 0 Å². The molecule has 0 radical (unpaired) electrons. The first kappa shape index (κ1) is 31.5. The average molecular weight is 653 g/mol. The number of methoxy groups -OCH3 is 2. The minimum atomic E-state index is -1.25. The molecule has 0 spiro atoms. The van der Waals surface area contributed by atoms with Crippen molar-refractivity contribution in [2.75, 3.05) is 41.5 Å². The predicted molar refractivity (Wildman–Crippen MR) is 177 cm³/mol. The predicted octanol–water partition coefficient (Wildman–Crippen LogP) is 3.39. The summed E-state index contributed by atoms with van der Waals surface area (Å²) in [5.41, 5.74) is 0.0823. The first-order valence-corrected chi connectivity index (χ1v) is 15.4. The highest BCUT2D eigenvalue weighted by Crippen LogP contribution is 2.48. The van der Waals surface area contributed by atoms with Gasteiger partial charge in [-0.15, -0.1) is 0 Å². The average Bonchev–Trinajstić information content (AvgIpc) is 3.77. The molecule has 3 aromatic carbocycles. The molecule has 2 N–H and O–H groups in total. The van der Waals surface area contributed by atoms with Crippen LogP contribution in [-0.2, 0) is 19.8 Å². The van der Waals surface area contributed by atoms with Crippen LogP contribution in [0.15, 0.2) is 95.0 Å². The Kier molecular flexibility index (Phi) is 8.21. The number of imidazole rings is 1. The van der Waals surface area contributed by atoms with Crippen molar-refractivity contribution in [2.24, 2.45) is 4.99 Å². The maximum Gasteiger partial charge on any atom is 0.280 e. The van der Waals surface area contributed by atoms with E-state index in [4.69, 9.17) is 23.7 Å². The molecule has 0 aliphatic carbocycles. The van der Waals surface area contributed by atoms with Crippen LogP contribution < -0.4 is 15.0 Å². The number of aliphatic hydroxyl groups excluding tert-OH is 1. The third-order valence-corrected chi connectivity index (χ3v) is 8.82. The number of H-pyrrole nitrogens is 1. The Bertz CT molecular complexity index is 1930. The highest BCUT2D eigenvalue weighted by atomic mass is 16.7. The molecular weight excluding hydrogens is 616 g/mol. The molecule has 2 bridgehead atoms. The summed E-state index contributed by atoms with van der Waals surface area (Å²) in [6.07, 6.45) is 0.325. The second-order valence-electron chi connectivity index (χ2n) is 12.0. The molecule has 13 heteroatoms. The van der Waals surface area contributed by atoms with E-state index in [9.17, 15) is 9.90 Å². The largest absolute Gasteiger partial charge is 0.497 e. The molecule has 0 saturated carbocycles. The maximum absolute atomic E-state index is 12.8. The van der Waals surface area contributed by atoms with Crippen LogP contribution in [0.1, 0.15) is 22.9 Å². The number of rotatable bonds is 11. The first-order chi connectivity index (χ1) is 23.3. The molecule has 2 fully saturated rings. The third-order valence-electron chi connectivity index (χ3n) is 8.82. The summed E-state index contributed by atoms with van der Waals surface area (Å²) in [6.45, 7) is 0.0393. The Balaban J connectivity index is 1.28. The molecule has 2 aromatic heterocycles. The van der Waals surface area contributed by atoms with Gasteiger partial charge in [0.2, 0.25) is 5.95 Å². The van der Waals surface area contributed by atoms with Gasteiger partial charge in [0.1, 0.15) is 34.9 Å². The molecule has 2 saturated heterocycles. The number of aliphatic imine (C=N–C) groups is 1. The fourth-order valence-corrected chi connectivity index (χ4v) is 6.38. The molecule has 2 aliphatic rings. The van der Waals surface area contributed by atoms with E-state index < -0.39 is 35.2 Å². The smallest absolute Gasteiger partial charge is 0.280 e. The molecule has 4 atom stereocenters. The molecule has 5 aromatic rings. The lowest BCUT2D eigenvalue weighted by atomic mass is 9.79. The van der Waals surface area contributed by atoms with Gasteiger partial charge >= 0.3 is 0 Å². The molecule has 0 unspecified atom stereocenters. The summed E-state index contributed by atoms with van der Waals surface area (Å²) in [6, 6.07) is 25.3. The number of hydrogen-bond acceptors (Lipinski definition) is 10. The van der Waals surface area contributed by atoms with E-state index in [1.807, 2.05) is 93.0 Å². The van der Waals surface area contributed by atoms with Crippen LogP contribution in [0, 0.1) is 0 Å². The minimum Gasteiger partial charge on any atom is -0.497 e. The number of fused-ring (bicyclic) bond motifs is 3. The fraction of sp³-hybridized carbons (Fsp3) is 0.314. The lowest BCUT2D eigenvalue weighted by Gasteiger charge is -2.39. The van der Waals surface area contributed by atoms with Gasteiger partial charge < -0.3 is 33.7 Å². The molecule has 0 amide bonds. The zero-order chi connectivity index (χ0) is 33.5. The van der Waals surface area contributed by atoms with Gasteiger partial charge in [-0.25, -0.2) is 9.98 Å². The van der Waals surface area contributed by atoms with E-state index in [-0.39, 0.29) is 30.3 Å². The van der Waals surface area contributed by atoms with E-state index in [0.717, 1.165) is 16.7 Å². The third kappa shape index (κ3) is 5.30. The molecule has 2 aliphatic heterocycles. The van der Waals surface area contributed by atoms with Gasteiger partial charge in [0.15, 0.2) is 17.4 Å². The van der Waals surface area contributed by atoms with Crippen LogP contribution in [0.3, 0.4) is 0 Å². The van der Waals surface area contributed by atoms with Crippen molar-refractivity contribution in [3.8, 4) is 11.5 Å². The Hall–Kier alpha value is -5.08. The molecule has 248 valence electrons. The number of benzene rings is 3. The van der Waals surface area contributed by atoms with Crippen LogP contribution in [0.2, 0.25) is 0 Å². The molecule has 13 nitrogen and oxygen atoms in total. The highest BCUT2D eigenvalue weighted by Gasteiger charge is 2.63. The Morgan fingerprint density at radius 3 is 2.25 bits per heavy atom. The zero-order valence-electron chi connectivity index (χ0n) is 26.9. The number of aromatic nitrogens is 4. The molecule has 48 heavy (non-hydrogen) atoms. The summed E-state index contributed by atoms with van der Waals surface area (Å²) >= 11 is 0. The Labute approximate surface area is 276 Å². The monoisotopic (exact) mass is 652 g/mol. The van der Waals surface area contributed by atoms with Crippen LogP contribution in [0.5, 0.6) is 11.5 Å². The number of hydrogen-bond donors (Lipinski definition) is 2. The van der Waals surface area contributed by atoms with Gasteiger partial charge in [0.25, 0.3) is 5.56 Å². The molecular formula is C35H36N6O7. The number of aliphatic hydroxyl groups is 1. The highest BCUT2D eigenvalue weighted by molar-refractivity contribution is 5.71. The van der Waals surface area contributed by atoms with Crippen molar-refractivity contribution in [1.29, 1.82) is 0 Å². The van der Waals surface area contributed by atoms with Crippen molar-refractivity contribution in [1.82, 2.24) is 24.4 Å². The van der Waals surface area contributed by atoms with Gasteiger partial charge in [-0.2, -0.15) is 4.98 Å². The number of aromatic amines is 1. The quantitative estimate of drug-likeness (QED) is 0.124. The van der Waals surface area contributed by atoms with Crippen LogP contribution >= 0.6 is 0 Å². The van der Waals surface area contributed by atoms with Crippen molar-refractivity contribution in [3.05, 3.63) is 112 Å². The van der Waals surface area contributed by atoms with E-state index in [1.54, 1.807) is 23.7 Å². The topological polar surface area (TPSA) is 146 Å². The van der Waals surface area contributed by atoms with Gasteiger partial charge in [-0.05, 0) is 41.0 Å². The minimum absolute atomic E-state index is 0.0485. The molecule has 4 heterocycles. The molecule has 7 rings (SSSR count). The summed E-state index contributed by atoms with van der Waals surface area (Å²) in [7, 11) is 6.86. The maximum atomic E-state index is 12.8. The second kappa shape index (κ2) is 12.5. The Morgan fingerprint density at radius 2 is 1.65 bits per heavy atom. The van der Waals surface area contributed by atoms with Crippen LogP contribution in [0.25, 0.3) is 11.2 Å². The second-order valence-corrected chi connectivity index (χ2v) is 12.0.